The van der Waals surface area contributed by atoms with Gasteiger partial charge in [-0.2, -0.15) is 5.10 Å². The highest BCUT2D eigenvalue weighted by Gasteiger charge is 2.20. The van der Waals surface area contributed by atoms with Gasteiger partial charge in [0.15, 0.2) is 0 Å². The van der Waals surface area contributed by atoms with Crippen molar-refractivity contribution in [3.05, 3.63) is 28.2 Å². The van der Waals surface area contributed by atoms with Crippen LogP contribution in [-0.2, 0) is 0 Å². The van der Waals surface area contributed by atoms with Crippen LogP contribution in [0.5, 0.6) is 0 Å². The highest BCUT2D eigenvalue weighted by molar-refractivity contribution is 5.08. The van der Waals surface area contributed by atoms with E-state index in [1.165, 1.54) is 19.3 Å². The molecule has 0 radical (unpaired) electrons. The third-order valence-corrected chi connectivity index (χ3v) is 2.22. The van der Waals surface area contributed by atoms with Gasteiger partial charge in [0.05, 0.1) is 5.69 Å². The molecule has 0 bridgehead atoms. The van der Waals surface area contributed by atoms with Gasteiger partial charge in [0.2, 0.25) is 0 Å². The second-order valence-electron chi connectivity index (χ2n) is 2.97. The van der Waals surface area contributed by atoms with Gasteiger partial charge in [-0.25, -0.2) is 5.10 Å². The summed E-state index contributed by atoms with van der Waals surface area (Å²) in [6, 6.07) is 3.36. The Labute approximate surface area is 64.5 Å². The standard InChI is InChI=1S/C8H10N2O/c11-8-5-4-7(9-10-8)6-2-1-3-6/h4-6H,1-3H2,(H,10,11). The van der Waals surface area contributed by atoms with Crippen LogP contribution in [0.2, 0.25) is 0 Å². The molecule has 1 aromatic heterocycles. The molecule has 1 aliphatic rings. The van der Waals surface area contributed by atoms with Crippen molar-refractivity contribution in [3.63, 3.8) is 0 Å². The van der Waals surface area contributed by atoms with E-state index in [9.17, 15) is 4.79 Å². The van der Waals surface area contributed by atoms with Crippen LogP contribution in [0.3, 0.4) is 0 Å². The molecule has 1 heterocycles. The van der Waals surface area contributed by atoms with Crippen molar-refractivity contribution in [2.45, 2.75) is 25.2 Å². The third-order valence-electron chi connectivity index (χ3n) is 2.22. The summed E-state index contributed by atoms with van der Waals surface area (Å²) >= 11 is 0. The minimum Gasteiger partial charge on any atom is -0.268 e. The van der Waals surface area contributed by atoms with Crippen molar-refractivity contribution >= 4 is 0 Å². The van der Waals surface area contributed by atoms with Crippen LogP contribution in [0.1, 0.15) is 30.9 Å². The number of hydrogen-bond donors (Lipinski definition) is 1. The minimum absolute atomic E-state index is 0.118. The van der Waals surface area contributed by atoms with Crippen molar-refractivity contribution in [1.82, 2.24) is 10.2 Å². The van der Waals surface area contributed by atoms with Crippen LogP contribution in [0.15, 0.2) is 16.9 Å². The molecule has 1 fully saturated rings. The van der Waals surface area contributed by atoms with Gasteiger partial charge < -0.3 is 0 Å². The second kappa shape index (κ2) is 2.49. The molecule has 58 valence electrons. The predicted octanol–water partition coefficient (Wildman–Crippen LogP) is 1.04. The summed E-state index contributed by atoms with van der Waals surface area (Å²) in [6.07, 6.45) is 3.74. The van der Waals surface area contributed by atoms with E-state index in [0.717, 1.165) is 5.69 Å². The minimum atomic E-state index is -0.118. The predicted molar refractivity (Wildman–Crippen MR) is 41.4 cm³/mol. The largest absolute Gasteiger partial charge is 0.268 e. The molecule has 0 atom stereocenters. The van der Waals surface area contributed by atoms with E-state index in [0.29, 0.717) is 5.92 Å². The molecule has 3 heteroatoms. The number of hydrogen-bond acceptors (Lipinski definition) is 2. The molecule has 0 saturated heterocycles. The normalized spacial score (nSPS) is 17.8. The van der Waals surface area contributed by atoms with Crippen LogP contribution < -0.4 is 5.56 Å². The monoisotopic (exact) mass is 150 g/mol. The molecule has 1 aliphatic carbocycles. The van der Waals surface area contributed by atoms with Gasteiger partial charge in [0.25, 0.3) is 5.56 Å². The fourth-order valence-electron chi connectivity index (χ4n) is 1.29. The molecule has 1 saturated carbocycles. The number of nitrogens with zero attached hydrogens (tertiary/aromatic N) is 1. The van der Waals surface area contributed by atoms with Gasteiger partial charge in [-0.1, -0.05) is 6.42 Å². The molecule has 2 rings (SSSR count). The van der Waals surface area contributed by atoms with Gasteiger partial charge >= 0.3 is 0 Å². The molecule has 1 N–H and O–H groups in total. The summed E-state index contributed by atoms with van der Waals surface area (Å²) in [4.78, 5) is 10.6. The van der Waals surface area contributed by atoms with E-state index in [-0.39, 0.29) is 5.56 Å². The summed E-state index contributed by atoms with van der Waals surface area (Å²) in [6.45, 7) is 0. The van der Waals surface area contributed by atoms with Crippen LogP contribution >= 0.6 is 0 Å². The smallest absolute Gasteiger partial charge is 0.264 e. The SMILES string of the molecule is O=c1ccc(C2CCC2)n[nH]1. The Balaban J connectivity index is 2.25. The van der Waals surface area contributed by atoms with Crippen molar-refractivity contribution in [2.75, 3.05) is 0 Å². The van der Waals surface area contributed by atoms with E-state index in [4.69, 9.17) is 0 Å². The average molecular weight is 150 g/mol. The summed E-state index contributed by atoms with van der Waals surface area (Å²) in [5.41, 5.74) is 0.920. The zero-order valence-electron chi connectivity index (χ0n) is 6.21. The van der Waals surface area contributed by atoms with Gasteiger partial charge in [-0.05, 0) is 18.9 Å². The van der Waals surface area contributed by atoms with Crippen molar-refractivity contribution in [1.29, 1.82) is 0 Å². The fraction of sp³-hybridized carbons (Fsp3) is 0.500. The summed E-state index contributed by atoms with van der Waals surface area (Å²) in [5, 5.41) is 6.41. The third kappa shape index (κ3) is 1.18. The van der Waals surface area contributed by atoms with Crippen LogP contribution in [0.25, 0.3) is 0 Å². The average Bonchev–Trinajstić information content (AvgIpc) is 1.90. The number of nitrogens with one attached hydrogen (secondary N) is 1. The number of H-pyrrole nitrogens is 1. The zero-order valence-corrected chi connectivity index (χ0v) is 6.21. The van der Waals surface area contributed by atoms with E-state index >= 15 is 0 Å². The van der Waals surface area contributed by atoms with Crippen LogP contribution in [0, 0.1) is 0 Å². The maximum Gasteiger partial charge on any atom is 0.264 e. The van der Waals surface area contributed by atoms with Gasteiger partial charge in [0.1, 0.15) is 0 Å². The van der Waals surface area contributed by atoms with Gasteiger partial charge in [-0.15, -0.1) is 0 Å². The Bertz CT molecular complexity index is 281. The molecular weight excluding hydrogens is 140 g/mol. The number of rotatable bonds is 1. The topological polar surface area (TPSA) is 45.8 Å². The lowest BCUT2D eigenvalue weighted by atomic mass is 9.83. The van der Waals surface area contributed by atoms with Gasteiger partial charge in [0, 0.05) is 12.0 Å². The van der Waals surface area contributed by atoms with E-state index in [1.807, 2.05) is 6.07 Å². The number of aromatic nitrogens is 2. The fourth-order valence-corrected chi connectivity index (χ4v) is 1.29. The molecule has 0 spiro atoms. The molecule has 3 nitrogen and oxygen atoms in total. The van der Waals surface area contributed by atoms with Crippen LogP contribution in [0.4, 0.5) is 0 Å². The molecule has 1 aromatic rings. The molecule has 0 aromatic carbocycles. The van der Waals surface area contributed by atoms with Crippen LogP contribution in [-0.4, -0.2) is 10.2 Å². The first-order valence-electron chi connectivity index (χ1n) is 3.92. The van der Waals surface area contributed by atoms with Crippen molar-refractivity contribution < 1.29 is 0 Å². The lowest BCUT2D eigenvalue weighted by Gasteiger charge is -2.23. The maximum absolute atomic E-state index is 10.6. The molecule has 0 aliphatic heterocycles. The molecule has 11 heavy (non-hydrogen) atoms. The molecular formula is C8H10N2O. The Morgan fingerprint density at radius 1 is 1.45 bits per heavy atom. The summed E-state index contributed by atoms with van der Waals surface area (Å²) in [7, 11) is 0. The van der Waals surface area contributed by atoms with E-state index in [2.05, 4.69) is 10.2 Å². The quantitative estimate of drug-likeness (QED) is 0.650. The van der Waals surface area contributed by atoms with E-state index in [1.54, 1.807) is 6.07 Å². The van der Waals surface area contributed by atoms with Crippen molar-refractivity contribution in [2.24, 2.45) is 0 Å². The molecule has 0 unspecified atom stereocenters. The highest BCUT2D eigenvalue weighted by atomic mass is 16.1. The lowest BCUT2D eigenvalue weighted by molar-refractivity contribution is 0.407. The summed E-state index contributed by atoms with van der Waals surface area (Å²) in [5.74, 6) is 0.604. The van der Waals surface area contributed by atoms with Crippen molar-refractivity contribution in [3.8, 4) is 0 Å². The highest BCUT2D eigenvalue weighted by Crippen LogP contribution is 2.34. The Morgan fingerprint density at radius 2 is 2.27 bits per heavy atom. The molecule has 0 amide bonds. The lowest BCUT2D eigenvalue weighted by Crippen LogP contribution is -2.14. The first-order valence-corrected chi connectivity index (χ1v) is 3.92. The number of aromatic amines is 1. The Kier molecular flexibility index (Phi) is 1.49. The Hall–Kier alpha value is -1.12. The second-order valence-corrected chi connectivity index (χ2v) is 2.97. The summed E-state index contributed by atoms with van der Waals surface area (Å²) < 4.78 is 0. The van der Waals surface area contributed by atoms with Gasteiger partial charge in [-0.3, -0.25) is 4.79 Å². The maximum atomic E-state index is 10.6. The first kappa shape index (κ1) is 6.58. The first-order chi connectivity index (χ1) is 5.36. The zero-order chi connectivity index (χ0) is 7.68. The van der Waals surface area contributed by atoms with E-state index < -0.39 is 0 Å². The Morgan fingerprint density at radius 3 is 2.73 bits per heavy atom.